The second-order valence-electron chi connectivity index (χ2n) is 9.15. The minimum Gasteiger partial charge on any atom is -0.490 e. The van der Waals surface area contributed by atoms with Gasteiger partial charge in [0, 0.05) is 50.5 Å². The molecule has 1 aromatic carbocycles. The van der Waals surface area contributed by atoms with Crippen molar-refractivity contribution in [3.8, 4) is 5.75 Å². The maximum Gasteiger partial charge on any atom is 0.251 e. The fourth-order valence-corrected chi connectivity index (χ4v) is 4.50. The lowest BCUT2D eigenvalue weighted by Crippen LogP contribution is -2.42. The Labute approximate surface area is 184 Å². The summed E-state index contributed by atoms with van der Waals surface area (Å²) in [6.07, 6.45) is 6.55. The molecule has 1 aromatic rings. The van der Waals surface area contributed by atoms with E-state index in [4.69, 9.17) is 4.74 Å². The number of aliphatic hydroxyl groups excluding tert-OH is 1. The van der Waals surface area contributed by atoms with Crippen LogP contribution in [-0.2, 0) is 4.79 Å². The topological polar surface area (TPSA) is 82.1 Å². The SMILES string of the molecule is O=C(NCCCN1CCCC(O)C1)c1ccc(OC2CCN(C(=O)C3CC3)CC2)cc1. The van der Waals surface area contributed by atoms with Gasteiger partial charge in [-0.25, -0.2) is 0 Å². The summed E-state index contributed by atoms with van der Waals surface area (Å²) in [5.41, 5.74) is 0.630. The van der Waals surface area contributed by atoms with E-state index in [1.54, 1.807) is 12.1 Å². The van der Waals surface area contributed by atoms with Crippen LogP contribution in [0, 0.1) is 5.92 Å². The lowest BCUT2D eigenvalue weighted by molar-refractivity contribution is -0.134. The van der Waals surface area contributed by atoms with Gasteiger partial charge in [0.05, 0.1) is 6.10 Å². The Kier molecular flexibility index (Phi) is 7.45. The summed E-state index contributed by atoms with van der Waals surface area (Å²) >= 11 is 0. The van der Waals surface area contributed by atoms with Gasteiger partial charge in [0.25, 0.3) is 5.91 Å². The van der Waals surface area contributed by atoms with Crippen LogP contribution in [0.25, 0.3) is 0 Å². The summed E-state index contributed by atoms with van der Waals surface area (Å²) in [5, 5.41) is 12.7. The van der Waals surface area contributed by atoms with Gasteiger partial charge in [-0.2, -0.15) is 0 Å². The Balaban J connectivity index is 1.14. The number of hydrogen-bond donors (Lipinski definition) is 2. The number of benzene rings is 1. The van der Waals surface area contributed by atoms with Gasteiger partial charge in [0.2, 0.25) is 5.91 Å². The average Bonchev–Trinajstić information content (AvgIpc) is 3.63. The fourth-order valence-electron chi connectivity index (χ4n) is 4.50. The molecule has 7 nitrogen and oxygen atoms in total. The van der Waals surface area contributed by atoms with Gasteiger partial charge in [-0.15, -0.1) is 0 Å². The molecule has 3 aliphatic rings. The first-order chi connectivity index (χ1) is 15.1. The number of carbonyl (C=O) groups excluding carboxylic acids is 2. The lowest BCUT2D eigenvalue weighted by Gasteiger charge is -2.32. The molecule has 2 N–H and O–H groups in total. The molecule has 2 amide bonds. The molecule has 0 spiro atoms. The standard InChI is InChI=1S/C24H35N3O4/c28-20-3-1-13-26(17-20)14-2-12-25-23(29)18-6-8-21(9-7-18)31-22-10-15-27(16-11-22)24(30)19-4-5-19/h6-9,19-20,22,28H,1-5,10-17H2,(H,25,29). The molecule has 2 saturated heterocycles. The molecule has 3 fully saturated rings. The lowest BCUT2D eigenvalue weighted by atomic mass is 10.1. The highest BCUT2D eigenvalue weighted by atomic mass is 16.5. The quantitative estimate of drug-likeness (QED) is 0.618. The van der Waals surface area contributed by atoms with Crippen LogP contribution in [0.15, 0.2) is 24.3 Å². The number of hydrogen-bond acceptors (Lipinski definition) is 5. The minimum absolute atomic E-state index is 0.0721. The third kappa shape index (κ3) is 6.43. The molecule has 1 unspecified atom stereocenters. The van der Waals surface area contributed by atoms with Crippen molar-refractivity contribution in [2.45, 2.75) is 57.2 Å². The zero-order valence-corrected chi connectivity index (χ0v) is 18.3. The van der Waals surface area contributed by atoms with E-state index in [0.29, 0.717) is 18.0 Å². The van der Waals surface area contributed by atoms with Crippen molar-refractivity contribution in [1.29, 1.82) is 0 Å². The largest absolute Gasteiger partial charge is 0.490 e. The predicted octanol–water partition coefficient (Wildman–Crippen LogP) is 2.04. The van der Waals surface area contributed by atoms with Crippen molar-refractivity contribution in [3.05, 3.63) is 29.8 Å². The Bertz CT molecular complexity index is 742. The zero-order chi connectivity index (χ0) is 21.6. The first kappa shape index (κ1) is 22.1. The van der Waals surface area contributed by atoms with Gasteiger partial charge >= 0.3 is 0 Å². The van der Waals surface area contributed by atoms with Crippen LogP contribution in [0.5, 0.6) is 5.75 Å². The van der Waals surface area contributed by atoms with E-state index in [1.165, 1.54) is 0 Å². The Morgan fingerprint density at radius 1 is 1.03 bits per heavy atom. The Hall–Kier alpha value is -2.12. The number of aliphatic hydroxyl groups is 1. The van der Waals surface area contributed by atoms with Crippen LogP contribution in [0.1, 0.15) is 55.3 Å². The highest BCUT2D eigenvalue weighted by Gasteiger charge is 2.35. The molecule has 2 aliphatic heterocycles. The van der Waals surface area contributed by atoms with Crippen molar-refractivity contribution >= 4 is 11.8 Å². The first-order valence-electron chi connectivity index (χ1n) is 11.8. The number of β-amino-alcohol motifs (C(OH)–C–C–N with tert-alkyl or cyclic N) is 1. The van der Waals surface area contributed by atoms with Crippen molar-refractivity contribution < 1.29 is 19.4 Å². The molecule has 170 valence electrons. The molecule has 0 bridgehead atoms. The molecule has 2 heterocycles. The molecular weight excluding hydrogens is 394 g/mol. The van der Waals surface area contributed by atoms with Crippen LogP contribution in [0.2, 0.25) is 0 Å². The first-order valence-corrected chi connectivity index (χ1v) is 11.8. The smallest absolute Gasteiger partial charge is 0.251 e. The van der Waals surface area contributed by atoms with E-state index >= 15 is 0 Å². The molecule has 1 atom stereocenters. The summed E-state index contributed by atoms with van der Waals surface area (Å²) in [7, 11) is 0. The van der Waals surface area contributed by atoms with Crippen LogP contribution >= 0.6 is 0 Å². The number of rotatable bonds is 8. The van der Waals surface area contributed by atoms with Gasteiger partial charge in [-0.3, -0.25) is 9.59 Å². The van der Waals surface area contributed by atoms with Crippen LogP contribution in [0.4, 0.5) is 0 Å². The number of nitrogens with one attached hydrogen (secondary N) is 1. The van der Waals surface area contributed by atoms with Gasteiger partial charge in [-0.05, 0) is 69.5 Å². The van der Waals surface area contributed by atoms with Crippen LogP contribution < -0.4 is 10.1 Å². The van der Waals surface area contributed by atoms with E-state index in [0.717, 1.165) is 83.4 Å². The predicted molar refractivity (Wildman–Crippen MR) is 118 cm³/mol. The highest BCUT2D eigenvalue weighted by Crippen LogP contribution is 2.32. The molecule has 0 radical (unpaired) electrons. The van der Waals surface area contributed by atoms with Gasteiger partial charge < -0.3 is 25.0 Å². The van der Waals surface area contributed by atoms with E-state index in [9.17, 15) is 14.7 Å². The van der Waals surface area contributed by atoms with Crippen LogP contribution in [0.3, 0.4) is 0 Å². The van der Waals surface area contributed by atoms with Crippen molar-refractivity contribution in [2.75, 3.05) is 39.3 Å². The van der Waals surface area contributed by atoms with E-state index < -0.39 is 0 Å². The number of nitrogens with zero attached hydrogens (tertiary/aromatic N) is 2. The Morgan fingerprint density at radius 3 is 2.45 bits per heavy atom. The summed E-state index contributed by atoms with van der Waals surface area (Å²) in [6, 6.07) is 7.31. The number of carbonyl (C=O) groups is 2. The summed E-state index contributed by atoms with van der Waals surface area (Å²) < 4.78 is 6.07. The molecule has 0 aromatic heterocycles. The van der Waals surface area contributed by atoms with E-state index in [-0.39, 0.29) is 24.0 Å². The van der Waals surface area contributed by atoms with E-state index in [1.807, 2.05) is 17.0 Å². The maximum atomic E-state index is 12.4. The molecule has 4 rings (SSSR count). The fraction of sp³-hybridized carbons (Fsp3) is 0.667. The number of ether oxygens (including phenoxy) is 1. The monoisotopic (exact) mass is 429 g/mol. The minimum atomic E-state index is -0.207. The molecular formula is C24H35N3O4. The molecule has 1 aliphatic carbocycles. The summed E-state index contributed by atoms with van der Waals surface area (Å²) in [6.45, 7) is 4.85. The van der Waals surface area contributed by atoms with Crippen molar-refractivity contribution in [1.82, 2.24) is 15.1 Å². The van der Waals surface area contributed by atoms with Gasteiger partial charge in [-0.1, -0.05) is 0 Å². The normalized spacial score (nSPS) is 22.9. The third-order valence-electron chi connectivity index (χ3n) is 6.52. The summed E-state index contributed by atoms with van der Waals surface area (Å²) in [5.74, 6) is 1.31. The number of likely N-dealkylation sites (tertiary alicyclic amines) is 2. The zero-order valence-electron chi connectivity index (χ0n) is 18.3. The molecule has 31 heavy (non-hydrogen) atoms. The van der Waals surface area contributed by atoms with Crippen molar-refractivity contribution in [2.24, 2.45) is 5.92 Å². The Morgan fingerprint density at radius 2 is 1.77 bits per heavy atom. The van der Waals surface area contributed by atoms with Crippen molar-refractivity contribution in [3.63, 3.8) is 0 Å². The number of piperidine rings is 2. The van der Waals surface area contributed by atoms with Gasteiger partial charge in [0.1, 0.15) is 11.9 Å². The third-order valence-corrected chi connectivity index (χ3v) is 6.52. The van der Waals surface area contributed by atoms with E-state index in [2.05, 4.69) is 10.2 Å². The average molecular weight is 430 g/mol. The maximum absolute atomic E-state index is 12.4. The second kappa shape index (κ2) is 10.5. The highest BCUT2D eigenvalue weighted by molar-refractivity contribution is 5.94. The molecule has 7 heteroatoms. The molecule has 1 saturated carbocycles. The van der Waals surface area contributed by atoms with Gasteiger partial charge in [0.15, 0.2) is 0 Å². The number of amides is 2. The second-order valence-corrected chi connectivity index (χ2v) is 9.15. The summed E-state index contributed by atoms with van der Waals surface area (Å²) in [4.78, 5) is 28.8. The van der Waals surface area contributed by atoms with Crippen LogP contribution in [-0.4, -0.2) is 78.2 Å².